The summed E-state index contributed by atoms with van der Waals surface area (Å²) in [5.41, 5.74) is 2.19. The molecule has 1 N–H and O–H groups in total. The first-order valence-corrected chi connectivity index (χ1v) is 7.84. The minimum atomic E-state index is -0.124. The third-order valence-corrected chi connectivity index (χ3v) is 4.43. The molecule has 2 aromatic rings. The largest absolute Gasteiger partial charge is 0.380 e. The van der Waals surface area contributed by atoms with Crippen molar-refractivity contribution in [3.05, 3.63) is 47.0 Å². The Morgan fingerprint density at radius 3 is 2.83 bits per heavy atom. The van der Waals surface area contributed by atoms with Gasteiger partial charge >= 0.3 is 0 Å². The molecule has 0 spiro atoms. The van der Waals surface area contributed by atoms with Crippen molar-refractivity contribution in [3.8, 4) is 0 Å². The summed E-state index contributed by atoms with van der Waals surface area (Å²) in [6.07, 6.45) is 1.15. The van der Waals surface area contributed by atoms with Crippen molar-refractivity contribution in [2.75, 3.05) is 13.7 Å². The number of benzene rings is 1. The number of hydrogen-bond acceptors (Lipinski definition) is 4. The standard InChI is InChI=1S/C17H22N4O2/c1-11-6-4-5-7-13(11)8-16(22)21-10-14(23-3)9-15(21)17-18-12(2)19-20-17/h4-7,14-15H,8-10H2,1-3H3,(H,18,19,20)/t14-,15-/m0/s1. The molecule has 6 nitrogen and oxygen atoms in total. The van der Waals surface area contributed by atoms with Gasteiger partial charge in [0.2, 0.25) is 5.91 Å². The maximum atomic E-state index is 12.8. The van der Waals surface area contributed by atoms with Crippen molar-refractivity contribution in [3.63, 3.8) is 0 Å². The molecule has 1 aliphatic heterocycles. The number of amides is 1. The predicted octanol–water partition coefficient (Wildman–Crippen LogP) is 1.95. The molecule has 23 heavy (non-hydrogen) atoms. The van der Waals surface area contributed by atoms with Gasteiger partial charge in [0.1, 0.15) is 5.82 Å². The van der Waals surface area contributed by atoms with E-state index in [0.717, 1.165) is 23.4 Å². The summed E-state index contributed by atoms with van der Waals surface area (Å²) >= 11 is 0. The highest BCUT2D eigenvalue weighted by Crippen LogP contribution is 2.32. The van der Waals surface area contributed by atoms with Crippen LogP contribution in [0.4, 0.5) is 0 Å². The fraction of sp³-hybridized carbons (Fsp3) is 0.471. The topological polar surface area (TPSA) is 71.1 Å². The van der Waals surface area contributed by atoms with Gasteiger partial charge in [0.15, 0.2) is 5.82 Å². The summed E-state index contributed by atoms with van der Waals surface area (Å²) in [5, 5.41) is 7.09. The van der Waals surface area contributed by atoms with Gasteiger partial charge in [-0.1, -0.05) is 24.3 Å². The second kappa shape index (κ2) is 6.50. The second-order valence-electron chi connectivity index (χ2n) is 6.04. The van der Waals surface area contributed by atoms with Crippen molar-refractivity contribution >= 4 is 5.91 Å². The molecule has 0 saturated carbocycles. The number of carbonyl (C=O) groups is 1. The Bertz CT molecular complexity index is 697. The highest BCUT2D eigenvalue weighted by atomic mass is 16.5. The SMILES string of the molecule is CO[C@H]1C[C@@H](c2n[nH]c(C)n2)N(C(=O)Cc2ccccc2C)C1. The summed E-state index contributed by atoms with van der Waals surface area (Å²) in [6, 6.07) is 7.86. The molecule has 1 aromatic heterocycles. The molecular formula is C17H22N4O2. The Morgan fingerprint density at radius 2 is 2.17 bits per heavy atom. The lowest BCUT2D eigenvalue weighted by molar-refractivity contribution is -0.131. The summed E-state index contributed by atoms with van der Waals surface area (Å²) in [6.45, 7) is 4.47. The van der Waals surface area contributed by atoms with Gasteiger partial charge in [0.05, 0.1) is 18.6 Å². The lowest BCUT2D eigenvalue weighted by Gasteiger charge is -2.22. The quantitative estimate of drug-likeness (QED) is 0.936. The van der Waals surface area contributed by atoms with E-state index in [2.05, 4.69) is 15.2 Å². The smallest absolute Gasteiger partial charge is 0.227 e. The van der Waals surface area contributed by atoms with E-state index in [1.54, 1.807) is 7.11 Å². The third kappa shape index (κ3) is 3.27. The lowest BCUT2D eigenvalue weighted by Crippen LogP contribution is -2.33. The third-order valence-electron chi connectivity index (χ3n) is 4.43. The van der Waals surface area contributed by atoms with Crippen molar-refractivity contribution < 1.29 is 9.53 Å². The first-order chi connectivity index (χ1) is 11.1. The number of likely N-dealkylation sites (tertiary alicyclic amines) is 1. The van der Waals surface area contributed by atoms with Crippen LogP contribution < -0.4 is 0 Å². The van der Waals surface area contributed by atoms with Crippen LogP contribution in [-0.2, 0) is 16.0 Å². The van der Waals surface area contributed by atoms with Crippen molar-refractivity contribution in [2.24, 2.45) is 0 Å². The maximum absolute atomic E-state index is 12.8. The Kier molecular flexibility index (Phi) is 4.43. The first kappa shape index (κ1) is 15.7. The van der Waals surface area contributed by atoms with E-state index in [1.165, 1.54) is 0 Å². The molecule has 0 unspecified atom stereocenters. The number of carbonyl (C=O) groups excluding carboxylic acids is 1. The van der Waals surface area contributed by atoms with Crippen molar-refractivity contribution in [2.45, 2.75) is 38.8 Å². The number of aromatic amines is 1. The lowest BCUT2D eigenvalue weighted by atomic mass is 10.1. The van der Waals surface area contributed by atoms with Crippen LogP contribution in [0, 0.1) is 13.8 Å². The number of ether oxygens (including phenoxy) is 1. The molecule has 6 heteroatoms. The minimum Gasteiger partial charge on any atom is -0.380 e. The monoisotopic (exact) mass is 314 g/mol. The molecule has 1 aromatic carbocycles. The number of hydrogen-bond donors (Lipinski definition) is 1. The molecule has 3 rings (SSSR count). The molecule has 1 saturated heterocycles. The number of nitrogens with one attached hydrogen (secondary N) is 1. The van der Waals surface area contributed by atoms with E-state index in [-0.39, 0.29) is 18.1 Å². The Morgan fingerprint density at radius 1 is 1.39 bits per heavy atom. The second-order valence-corrected chi connectivity index (χ2v) is 6.04. The fourth-order valence-corrected chi connectivity index (χ4v) is 3.07. The number of methoxy groups -OCH3 is 1. The van der Waals surface area contributed by atoms with Crippen LogP contribution in [0.25, 0.3) is 0 Å². The average molecular weight is 314 g/mol. The van der Waals surface area contributed by atoms with Crippen LogP contribution in [0.2, 0.25) is 0 Å². The van der Waals surface area contributed by atoms with E-state index in [4.69, 9.17) is 4.74 Å². The molecule has 122 valence electrons. The Balaban J connectivity index is 1.80. The molecule has 0 bridgehead atoms. The van der Waals surface area contributed by atoms with Crippen LogP contribution in [0.5, 0.6) is 0 Å². The van der Waals surface area contributed by atoms with Crippen molar-refractivity contribution in [1.82, 2.24) is 20.1 Å². The highest BCUT2D eigenvalue weighted by molar-refractivity contribution is 5.80. The molecule has 1 fully saturated rings. The summed E-state index contributed by atoms with van der Waals surface area (Å²) in [7, 11) is 1.68. The molecule has 2 atom stereocenters. The number of H-pyrrole nitrogens is 1. The molecule has 0 aliphatic carbocycles. The number of nitrogens with zero attached hydrogens (tertiary/aromatic N) is 3. The first-order valence-electron chi connectivity index (χ1n) is 7.84. The predicted molar refractivity (Wildman–Crippen MR) is 85.9 cm³/mol. The zero-order valence-corrected chi connectivity index (χ0v) is 13.7. The van der Waals surface area contributed by atoms with E-state index >= 15 is 0 Å². The van der Waals surface area contributed by atoms with Gasteiger partial charge in [-0.15, -0.1) is 0 Å². The Labute approximate surface area is 135 Å². The van der Waals surface area contributed by atoms with E-state index in [0.29, 0.717) is 18.8 Å². The van der Waals surface area contributed by atoms with Gasteiger partial charge in [-0.05, 0) is 25.0 Å². The van der Waals surface area contributed by atoms with Gasteiger partial charge in [-0.3, -0.25) is 9.89 Å². The van der Waals surface area contributed by atoms with E-state index < -0.39 is 0 Å². The van der Waals surface area contributed by atoms with E-state index in [1.807, 2.05) is 43.0 Å². The number of aromatic nitrogens is 3. The summed E-state index contributed by atoms with van der Waals surface area (Å²) in [4.78, 5) is 19.1. The molecule has 1 aliphatic rings. The van der Waals surface area contributed by atoms with Crippen LogP contribution >= 0.6 is 0 Å². The summed E-state index contributed by atoms with van der Waals surface area (Å²) < 4.78 is 5.46. The van der Waals surface area contributed by atoms with Crippen LogP contribution in [-0.4, -0.2) is 45.7 Å². The number of rotatable bonds is 4. The fourth-order valence-electron chi connectivity index (χ4n) is 3.07. The normalized spacial score (nSPS) is 20.9. The van der Waals surface area contributed by atoms with Gasteiger partial charge in [-0.25, -0.2) is 4.98 Å². The molecule has 0 radical (unpaired) electrons. The van der Waals surface area contributed by atoms with Gasteiger partial charge in [0, 0.05) is 20.1 Å². The van der Waals surface area contributed by atoms with Gasteiger partial charge in [0.25, 0.3) is 0 Å². The average Bonchev–Trinajstić information content (AvgIpc) is 3.15. The van der Waals surface area contributed by atoms with Crippen LogP contribution in [0.1, 0.15) is 35.2 Å². The summed E-state index contributed by atoms with van der Waals surface area (Å²) in [5.74, 6) is 1.51. The zero-order chi connectivity index (χ0) is 16.4. The van der Waals surface area contributed by atoms with Crippen LogP contribution in [0.3, 0.4) is 0 Å². The molecule has 2 heterocycles. The Hall–Kier alpha value is -2.21. The highest BCUT2D eigenvalue weighted by Gasteiger charge is 2.38. The van der Waals surface area contributed by atoms with E-state index in [9.17, 15) is 4.79 Å². The zero-order valence-electron chi connectivity index (χ0n) is 13.7. The van der Waals surface area contributed by atoms with Gasteiger partial charge < -0.3 is 9.64 Å². The molecular weight excluding hydrogens is 292 g/mol. The number of aryl methyl sites for hydroxylation is 2. The molecule has 1 amide bonds. The van der Waals surface area contributed by atoms with Gasteiger partial charge in [-0.2, -0.15) is 5.10 Å². The van der Waals surface area contributed by atoms with Crippen molar-refractivity contribution in [1.29, 1.82) is 0 Å². The minimum absolute atomic E-state index is 0.0274. The maximum Gasteiger partial charge on any atom is 0.227 e. The van der Waals surface area contributed by atoms with Crippen LogP contribution in [0.15, 0.2) is 24.3 Å².